The smallest absolute Gasteiger partial charge is 0.157 e. The minimum absolute atomic E-state index is 0.295. The van der Waals surface area contributed by atoms with Crippen LogP contribution in [-0.2, 0) is 14.8 Å². The molecular weight excluding hydrogens is 186 g/mol. The maximum absolute atomic E-state index is 5.27. The summed E-state index contributed by atoms with van der Waals surface area (Å²) in [4.78, 5) is 12.1. The summed E-state index contributed by atoms with van der Waals surface area (Å²) in [6.07, 6.45) is 0. The van der Waals surface area contributed by atoms with E-state index in [4.69, 9.17) is 29.2 Å². The van der Waals surface area contributed by atoms with Crippen LogP contribution in [0.4, 0.5) is 0 Å². The lowest BCUT2D eigenvalue weighted by atomic mass is 11.4. The fourth-order valence-electron chi connectivity index (χ4n) is 0.431. The molecule has 80 valence electrons. The number of hydrazine groups is 4. The fraction of sp³-hybridized carbons (Fsp3) is 1.00. The third-order valence-corrected chi connectivity index (χ3v) is 0.642. The highest BCUT2D eigenvalue weighted by molar-refractivity contribution is 3.78. The summed E-state index contributed by atoms with van der Waals surface area (Å²) in [7, 11) is 1.21. The monoisotopic (exact) mass is 200 g/mol. The number of hydroxylamine groups is 2. The molecule has 13 heavy (non-hydrogen) atoms. The van der Waals surface area contributed by atoms with E-state index >= 15 is 0 Å². The number of hydrogen-bond acceptors (Lipinski definition) is 11. The highest BCUT2D eigenvalue weighted by Crippen LogP contribution is 1.96. The van der Waals surface area contributed by atoms with Gasteiger partial charge in [0.1, 0.15) is 0 Å². The molecule has 0 rings (SSSR count). The van der Waals surface area contributed by atoms with Crippen molar-refractivity contribution >= 4 is 0 Å². The molecule has 0 amide bonds. The third-order valence-electron chi connectivity index (χ3n) is 0.642. The second kappa shape index (κ2) is 5.29. The molecule has 0 aromatic rings. The van der Waals surface area contributed by atoms with Gasteiger partial charge in [-0.05, 0) is 9.88 Å². The topological polar surface area (TPSA) is 176 Å². The first-order valence-electron chi connectivity index (χ1n) is 2.89. The molecule has 0 spiro atoms. The summed E-state index contributed by atoms with van der Waals surface area (Å²) in [5.74, 6) is 24.8. The number of hydrogen-bond donors (Lipinski definition) is 6. The Kier molecular flexibility index (Phi) is 5.10. The Morgan fingerprint density at radius 1 is 1.23 bits per heavy atom. The van der Waals surface area contributed by atoms with Gasteiger partial charge in [-0.25, -0.2) is 23.4 Å². The van der Waals surface area contributed by atoms with Crippen molar-refractivity contribution in [2.24, 2.45) is 29.2 Å². The summed E-state index contributed by atoms with van der Waals surface area (Å²) in [5, 5.41) is 0.618. The van der Waals surface area contributed by atoms with Gasteiger partial charge in [0, 0.05) is 5.28 Å². The molecule has 0 saturated carbocycles. The van der Waals surface area contributed by atoms with Crippen LogP contribution >= 0.6 is 0 Å². The molecule has 0 fully saturated rings. The number of nitrogens with one attached hydrogen (secondary N) is 1. The Labute approximate surface area is 73.4 Å². The van der Waals surface area contributed by atoms with Crippen LogP contribution < -0.4 is 34.8 Å². The molecule has 1 atom stereocenters. The largest absolute Gasteiger partial charge is 0.246 e. The zero-order valence-electron chi connectivity index (χ0n) is 6.95. The first-order chi connectivity index (χ1) is 5.87. The Balaban J connectivity index is 3.85. The van der Waals surface area contributed by atoms with Crippen LogP contribution in [0.5, 0.6) is 0 Å². The molecule has 0 heterocycles. The van der Waals surface area contributed by atoms with Crippen LogP contribution in [0.1, 0.15) is 0 Å². The summed E-state index contributed by atoms with van der Waals surface area (Å²) < 4.78 is 0. The maximum atomic E-state index is 5.27. The second-order valence-corrected chi connectivity index (χ2v) is 1.93. The van der Waals surface area contributed by atoms with Crippen molar-refractivity contribution in [1.82, 2.24) is 16.2 Å². The van der Waals surface area contributed by atoms with Gasteiger partial charge in [0.2, 0.25) is 0 Å². The molecule has 0 radical (unpaired) electrons. The van der Waals surface area contributed by atoms with Crippen LogP contribution in [0, 0.1) is 0 Å². The van der Waals surface area contributed by atoms with E-state index in [2.05, 4.69) is 14.8 Å². The SMILES string of the molecule is C[N+](N)(ON(N)N)ON(N)ONN. The summed E-state index contributed by atoms with van der Waals surface area (Å²) in [6, 6.07) is 0. The molecular formula is CH14N9O3+. The van der Waals surface area contributed by atoms with Crippen LogP contribution in [0.2, 0.25) is 0 Å². The van der Waals surface area contributed by atoms with Crippen molar-refractivity contribution in [3.8, 4) is 0 Å². The molecule has 0 bridgehead atoms. The van der Waals surface area contributed by atoms with Gasteiger partial charge in [-0.3, -0.25) is 0 Å². The highest BCUT2D eigenvalue weighted by Gasteiger charge is 2.27. The average Bonchev–Trinajstić information content (AvgIpc) is 1.81. The first kappa shape index (κ1) is 12.5. The number of nitrogens with two attached hydrogens (primary N) is 5. The summed E-state index contributed by atoms with van der Waals surface area (Å²) in [5.41, 5.74) is 1.72. The Bertz CT molecular complexity index is 137. The van der Waals surface area contributed by atoms with Gasteiger partial charge in [0.05, 0.1) is 10.3 Å². The van der Waals surface area contributed by atoms with Gasteiger partial charge in [0.25, 0.3) is 0 Å². The van der Waals surface area contributed by atoms with E-state index in [0.29, 0.717) is 10.6 Å². The van der Waals surface area contributed by atoms with E-state index in [9.17, 15) is 0 Å². The Hall–Kier alpha value is -0.480. The standard InChI is InChI=1S/CH14N9O3/c1-10(6,12-8(3)4)13-9(5)11-7-2/h7H,2-6H2,1H3/q+1. The second-order valence-electron chi connectivity index (χ2n) is 1.93. The molecule has 0 aliphatic rings. The predicted molar refractivity (Wildman–Crippen MR) is 37.2 cm³/mol. The first-order valence-corrected chi connectivity index (χ1v) is 2.89. The van der Waals surface area contributed by atoms with Gasteiger partial charge in [0.15, 0.2) is 7.05 Å². The van der Waals surface area contributed by atoms with Crippen molar-refractivity contribution in [1.29, 1.82) is 0 Å². The lowest BCUT2D eigenvalue weighted by Crippen LogP contribution is -2.61. The van der Waals surface area contributed by atoms with Crippen molar-refractivity contribution in [2.75, 3.05) is 7.05 Å². The molecule has 12 nitrogen and oxygen atoms in total. The molecule has 0 aliphatic carbocycles. The van der Waals surface area contributed by atoms with Crippen molar-refractivity contribution in [3.05, 3.63) is 0 Å². The van der Waals surface area contributed by atoms with E-state index < -0.39 is 4.92 Å². The van der Waals surface area contributed by atoms with E-state index in [1.54, 1.807) is 5.59 Å². The number of nitrogens with zero attached hydrogens (tertiary/aromatic N) is 3. The van der Waals surface area contributed by atoms with Gasteiger partial charge >= 0.3 is 0 Å². The van der Waals surface area contributed by atoms with Gasteiger partial charge < -0.3 is 0 Å². The third kappa shape index (κ3) is 6.66. The zero-order chi connectivity index (χ0) is 10.5. The minimum atomic E-state index is -1.06. The average molecular weight is 200 g/mol. The quantitative estimate of drug-likeness (QED) is 0.138. The lowest BCUT2D eigenvalue weighted by molar-refractivity contribution is -1.29. The molecule has 1 unspecified atom stereocenters. The normalized spacial score (nSPS) is 16.6. The van der Waals surface area contributed by atoms with E-state index in [-0.39, 0.29) is 0 Å². The van der Waals surface area contributed by atoms with Gasteiger partial charge in [-0.2, -0.15) is 0 Å². The molecule has 0 saturated heterocycles. The zero-order valence-corrected chi connectivity index (χ0v) is 6.95. The molecule has 0 aromatic carbocycles. The van der Waals surface area contributed by atoms with Crippen molar-refractivity contribution < 1.29 is 19.7 Å². The molecule has 12 heteroatoms. The molecule has 0 aromatic heterocycles. The fourth-order valence-corrected chi connectivity index (χ4v) is 0.431. The number of rotatable bonds is 6. The Morgan fingerprint density at radius 2 is 1.77 bits per heavy atom. The van der Waals surface area contributed by atoms with E-state index in [0.717, 1.165) is 0 Å². The predicted octanol–water partition coefficient (Wildman–Crippen LogP) is -4.47. The number of quaternary nitrogens is 1. The van der Waals surface area contributed by atoms with Crippen LogP contribution in [0.3, 0.4) is 0 Å². The van der Waals surface area contributed by atoms with Gasteiger partial charge in [-0.15, -0.1) is 16.4 Å². The highest BCUT2D eigenvalue weighted by atomic mass is 17.2. The van der Waals surface area contributed by atoms with Crippen LogP contribution in [-0.4, -0.2) is 22.6 Å². The molecule has 11 N–H and O–H groups in total. The molecule has 0 aliphatic heterocycles. The maximum Gasteiger partial charge on any atom is 0.157 e. The summed E-state index contributed by atoms with van der Waals surface area (Å²) >= 11 is 0. The van der Waals surface area contributed by atoms with E-state index in [1.807, 2.05) is 0 Å². The van der Waals surface area contributed by atoms with Crippen molar-refractivity contribution in [3.63, 3.8) is 0 Å². The van der Waals surface area contributed by atoms with Crippen LogP contribution in [0.15, 0.2) is 0 Å². The van der Waals surface area contributed by atoms with E-state index in [1.165, 1.54) is 7.05 Å². The van der Waals surface area contributed by atoms with Crippen LogP contribution in [0.25, 0.3) is 0 Å². The van der Waals surface area contributed by atoms with Gasteiger partial charge in [-0.1, -0.05) is 0 Å². The summed E-state index contributed by atoms with van der Waals surface area (Å²) in [6.45, 7) is 0. The Morgan fingerprint density at radius 3 is 2.15 bits per heavy atom. The van der Waals surface area contributed by atoms with Crippen molar-refractivity contribution in [2.45, 2.75) is 0 Å². The minimum Gasteiger partial charge on any atom is -0.246 e. The lowest BCUT2D eigenvalue weighted by Gasteiger charge is -2.24.